The van der Waals surface area contributed by atoms with Crippen LogP contribution in [0.4, 0.5) is 5.69 Å². The Morgan fingerprint density at radius 2 is 1.61 bits per heavy atom. The number of allylic oxidation sites excluding steroid dienone is 2. The van der Waals surface area contributed by atoms with Crippen LogP contribution in [0, 0.1) is 13.8 Å². The van der Waals surface area contributed by atoms with Crippen molar-refractivity contribution < 1.29 is 9.59 Å². The van der Waals surface area contributed by atoms with Gasteiger partial charge in [0.1, 0.15) is 0 Å². The van der Waals surface area contributed by atoms with Crippen molar-refractivity contribution in [3.05, 3.63) is 98.9 Å². The minimum atomic E-state index is -0.131. The molecule has 1 aliphatic heterocycles. The Hall–Kier alpha value is -2.98. The summed E-state index contributed by atoms with van der Waals surface area (Å²) in [6, 6.07) is 20.5. The molecule has 0 fully saturated rings. The maximum atomic E-state index is 13.5. The van der Waals surface area contributed by atoms with Crippen molar-refractivity contribution in [3.8, 4) is 0 Å². The fraction of sp³-hybridized carbons (Fsp3) is 0.259. The highest BCUT2D eigenvalue weighted by Crippen LogP contribution is 2.47. The molecule has 0 spiro atoms. The lowest BCUT2D eigenvalue weighted by molar-refractivity contribution is -0.120. The molecule has 1 aliphatic carbocycles. The van der Waals surface area contributed by atoms with E-state index in [2.05, 4.69) is 36.4 Å². The van der Waals surface area contributed by atoms with Gasteiger partial charge in [0.25, 0.3) is 0 Å². The summed E-state index contributed by atoms with van der Waals surface area (Å²) < 4.78 is 0. The summed E-state index contributed by atoms with van der Waals surface area (Å²) in [6.07, 6.45) is 1.54. The molecule has 2 atom stereocenters. The predicted molar refractivity (Wildman–Crippen MR) is 126 cm³/mol. The number of thiophene rings is 1. The first-order valence-corrected chi connectivity index (χ1v) is 11.6. The summed E-state index contributed by atoms with van der Waals surface area (Å²) in [4.78, 5) is 30.0. The number of hydrogen-bond acceptors (Lipinski definition) is 3. The van der Waals surface area contributed by atoms with Gasteiger partial charge in [-0.25, -0.2) is 0 Å². The van der Waals surface area contributed by atoms with Crippen LogP contribution in [0.2, 0.25) is 0 Å². The van der Waals surface area contributed by atoms with Crippen LogP contribution in [0.15, 0.2) is 77.3 Å². The first-order valence-electron chi connectivity index (χ1n) is 10.8. The van der Waals surface area contributed by atoms with Crippen LogP contribution < -0.4 is 4.90 Å². The highest BCUT2D eigenvalue weighted by molar-refractivity contribution is 7.10. The van der Waals surface area contributed by atoms with E-state index < -0.39 is 0 Å². The molecule has 1 aromatic heterocycles. The molecule has 0 saturated heterocycles. The molecule has 0 N–H and O–H groups in total. The van der Waals surface area contributed by atoms with Gasteiger partial charge in [0.15, 0.2) is 5.78 Å². The van der Waals surface area contributed by atoms with Gasteiger partial charge in [-0.15, -0.1) is 11.3 Å². The number of ketones is 1. The molecule has 0 bridgehead atoms. The second-order valence-corrected chi connectivity index (χ2v) is 9.63. The molecule has 31 heavy (non-hydrogen) atoms. The third-order valence-electron chi connectivity index (χ3n) is 6.35. The van der Waals surface area contributed by atoms with E-state index in [0.717, 1.165) is 38.5 Å². The maximum absolute atomic E-state index is 13.5. The Balaban J connectivity index is 1.67. The van der Waals surface area contributed by atoms with Crippen molar-refractivity contribution >= 4 is 28.7 Å². The second kappa shape index (κ2) is 7.93. The average Bonchev–Trinajstić information content (AvgIpc) is 3.27. The number of rotatable bonds is 3. The van der Waals surface area contributed by atoms with E-state index in [-0.39, 0.29) is 23.5 Å². The Labute approximate surface area is 187 Å². The Morgan fingerprint density at radius 1 is 0.871 bits per heavy atom. The first kappa shape index (κ1) is 20.0. The molecule has 2 unspecified atom stereocenters. The molecule has 2 heterocycles. The van der Waals surface area contributed by atoms with Crippen molar-refractivity contribution in [1.82, 2.24) is 0 Å². The van der Waals surface area contributed by atoms with Gasteiger partial charge in [-0.05, 0) is 66.5 Å². The molecule has 2 aliphatic rings. The number of benzene rings is 2. The normalized spacial score (nSPS) is 21.4. The first-order chi connectivity index (χ1) is 15.0. The molecule has 3 nitrogen and oxygen atoms in total. The topological polar surface area (TPSA) is 37.4 Å². The fourth-order valence-electron chi connectivity index (χ4n) is 5.11. The van der Waals surface area contributed by atoms with Gasteiger partial charge in [0.2, 0.25) is 5.91 Å². The number of aryl methyl sites for hydroxylation is 2. The zero-order chi connectivity index (χ0) is 21.5. The van der Waals surface area contributed by atoms with Crippen LogP contribution in [-0.2, 0) is 9.59 Å². The predicted octanol–water partition coefficient (Wildman–Crippen LogP) is 6.29. The standard InChI is InChI=1S/C27H25NO2S/c1-17-11-18(2)13-21(12-17)28-23-14-20(19-7-4-3-5-8-19)15-24(29)27(23)22(16-26(28)30)25-9-6-10-31-25/h3-13,20,22H,14-16H2,1-2H3. The van der Waals surface area contributed by atoms with Crippen LogP contribution in [0.25, 0.3) is 0 Å². The van der Waals surface area contributed by atoms with Gasteiger partial charge in [-0.1, -0.05) is 42.5 Å². The van der Waals surface area contributed by atoms with Gasteiger partial charge in [0.05, 0.1) is 0 Å². The SMILES string of the molecule is Cc1cc(C)cc(N2C(=O)CC(c3cccs3)C3=C2CC(c2ccccc2)CC3=O)c1. The van der Waals surface area contributed by atoms with Gasteiger partial charge >= 0.3 is 0 Å². The van der Waals surface area contributed by atoms with Crippen molar-refractivity contribution in [1.29, 1.82) is 0 Å². The van der Waals surface area contributed by atoms with Gasteiger partial charge in [0, 0.05) is 40.6 Å². The van der Waals surface area contributed by atoms with Gasteiger partial charge < -0.3 is 0 Å². The Kier molecular flexibility index (Phi) is 5.11. The summed E-state index contributed by atoms with van der Waals surface area (Å²) >= 11 is 1.63. The minimum Gasteiger partial charge on any atom is -0.294 e. The third-order valence-corrected chi connectivity index (χ3v) is 7.34. The number of anilines is 1. The lowest BCUT2D eigenvalue weighted by Gasteiger charge is -2.40. The molecule has 156 valence electrons. The zero-order valence-electron chi connectivity index (χ0n) is 17.8. The van der Waals surface area contributed by atoms with Crippen LogP contribution in [-0.4, -0.2) is 11.7 Å². The molecular formula is C27H25NO2S. The molecule has 2 aromatic carbocycles. The summed E-state index contributed by atoms with van der Waals surface area (Å²) in [7, 11) is 0. The highest BCUT2D eigenvalue weighted by Gasteiger charge is 2.42. The van der Waals surface area contributed by atoms with E-state index in [0.29, 0.717) is 19.3 Å². The number of carbonyl (C=O) groups excluding carboxylic acids is 2. The number of hydrogen-bond donors (Lipinski definition) is 0. The van der Waals surface area contributed by atoms with Crippen LogP contribution in [0.5, 0.6) is 0 Å². The van der Waals surface area contributed by atoms with E-state index in [1.807, 2.05) is 48.4 Å². The van der Waals surface area contributed by atoms with E-state index in [1.165, 1.54) is 0 Å². The largest absolute Gasteiger partial charge is 0.294 e. The van der Waals surface area contributed by atoms with E-state index in [9.17, 15) is 9.59 Å². The summed E-state index contributed by atoms with van der Waals surface area (Å²) in [6.45, 7) is 4.10. The fourth-order valence-corrected chi connectivity index (χ4v) is 5.95. The van der Waals surface area contributed by atoms with Crippen LogP contribution in [0.1, 0.15) is 52.7 Å². The highest BCUT2D eigenvalue weighted by atomic mass is 32.1. The molecule has 4 heteroatoms. The lowest BCUT2D eigenvalue weighted by atomic mass is 9.74. The van der Waals surface area contributed by atoms with Crippen molar-refractivity contribution in [2.24, 2.45) is 0 Å². The smallest absolute Gasteiger partial charge is 0.232 e. The van der Waals surface area contributed by atoms with E-state index >= 15 is 0 Å². The molecule has 0 radical (unpaired) electrons. The number of amides is 1. The molecule has 3 aromatic rings. The minimum absolute atomic E-state index is 0.0728. The Morgan fingerprint density at radius 3 is 2.29 bits per heavy atom. The van der Waals surface area contributed by atoms with Crippen LogP contribution >= 0.6 is 11.3 Å². The number of Topliss-reactive ketones (excluding diaryl/α,β-unsaturated/α-hetero) is 1. The maximum Gasteiger partial charge on any atom is 0.232 e. The zero-order valence-corrected chi connectivity index (χ0v) is 18.6. The Bertz CT molecular complexity index is 1160. The van der Waals surface area contributed by atoms with Crippen molar-refractivity contribution in [2.75, 3.05) is 4.90 Å². The molecule has 0 saturated carbocycles. The molecule has 5 rings (SSSR count). The van der Waals surface area contributed by atoms with Crippen molar-refractivity contribution in [2.45, 2.75) is 44.9 Å². The average molecular weight is 428 g/mol. The van der Waals surface area contributed by atoms with E-state index in [1.54, 1.807) is 11.3 Å². The molecular weight excluding hydrogens is 402 g/mol. The quantitative estimate of drug-likeness (QED) is 0.493. The summed E-state index contributed by atoms with van der Waals surface area (Å²) in [5.41, 5.74) is 6.01. The summed E-state index contributed by atoms with van der Waals surface area (Å²) in [5, 5.41) is 2.02. The van der Waals surface area contributed by atoms with Crippen molar-refractivity contribution in [3.63, 3.8) is 0 Å². The third kappa shape index (κ3) is 3.66. The molecule has 1 amide bonds. The number of nitrogens with zero attached hydrogens (tertiary/aromatic N) is 1. The number of carbonyl (C=O) groups is 2. The second-order valence-electron chi connectivity index (χ2n) is 8.65. The van der Waals surface area contributed by atoms with Gasteiger partial charge in [-0.3, -0.25) is 14.5 Å². The van der Waals surface area contributed by atoms with E-state index in [4.69, 9.17) is 0 Å². The van der Waals surface area contributed by atoms with Crippen LogP contribution in [0.3, 0.4) is 0 Å². The van der Waals surface area contributed by atoms with Gasteiger partial charge in [-0.2, -0.15) is 0 Å². The lowest BCUT2D eigenvalue weighted by Crippen LogP contribution is -2.41. The monoisotopic (exact) mass is 427 g/mol. The summed E-state index contributed by atoms with van der Waals surface area (Å²) in [5.74, 6) is 0.212.